The Bertz CT molecular complexity index is 917. The molecule has 0 radical (unpaired) electrons. The van der Waals surface area contributed by atoms with E-state index in [1.807, 2.05) is 18.6 Å². The lowest BCUT2D eigenvalue weighted by Crippen LogP contribution is -2.36. The molecular formula is C20H26ClN3O3S. The molecule has 152 valence electrons. The number of sulfonamides is 1. The molecular weight excluding hydrogens is 398 g/mol. The van der Waals surface area contributed by atoms with Gasteiger partial charge in [0.1, 0.15) is 0 Å². The van der Waals surface area contributed by atoms with Crippen LogP contribution in [0.3, 0.4) is 0 Å². The van der Waals surface area contributed by atoms with Crippen molar-refractivity contribution in [2.45, 2.75) is 64.8 Å². The fraction of sp³-hybridized carbons (Fsp3) is 0.500. The number of benzene rings is 1. The number of amides is 1. The first-order valence-electron chi connectivity index (χ1n) is 9.61. The van der Waals surface area contributed by atoms with E-state index in [-0.39, 0.29) is 12.5 Å². The van der Waals surface area contributed by atoms with Crippen LogP contribution >= 0.6 is 11.6 Å². The van der Waals surface area contributed by atoms with Crippen LogP contribution in [0.5, 0.6) is 0 Å². The lowest BCUT2D eigenvalue weighted by molar-refractivity contribution is -0.118. The molecule has 2 aliphatic rings. The number of halogens is 1. The maximum atomic E-state index is 12.5. The molecule has 0 spiro atoms. The van der Waals surface area contributed by atoms with E-state index in [9.17, 15) is 13.2 Å². The Kier molecular flexibility index (Phi) is 6.15. The zero-order valence-corrected chi connectivity index (χ0v) is 17.8. The monoisotopic (exact) mass is 423 g/mol. The second-order valence-corrected chi connectivity index (χ2v) is 9.67. The molecule has 1 aromatic carbocycles. The molecule has 0 atom stereocenters. The van der Waals surface area contributed by atoms with E-state index in [0.29, 0.717) is 0 Å². The van der Waals surface area contributed by atoms with Crippen LogP contribution in [0.25, 0.3) is 0 Å². The number of rotatable bonds is 5. The Hall–Kier alpha value is -1.86. The minimum Gasteiger partial charge on any atom is -0.389 e. The Morgan fingerprint density at radius 1 is 1.11 bits per heavy atom. The maximum Gasteiger partial charge on any atom is 0.280 e. The Morgan fingerprint density at radius 2 is 1.64 bits per heavy atom. The van der Waals surface area contributed by atoms with Crippen molar-refractivity contribution >= 4 is 32.6 Å². The van der Waals surface area contributed by atoms with Gasteiger partial charge in [-0.3, -0.25) is 10.2 Å². The summed E-state index contributed by atoms with van der Waals surface area (Å²) in [6.45, 7) is 3.79. The predicted molar refractivity (Wildman–Crippen MR) is 111 cm³/mol. The van der Waals surface area contributed by atoms with E-state index in [1.165, 1.54) is 6.20 Å². The van der Waals surface area contributed by atoms with Crippen molar-refractivity contribution in [3.63, 3.8) is 0 Å². The molecule has 3 rings (SSSR count). The minimum atomic E-state index is -4.18. The third-order valence-electron chi connectivity index (χ3n) is 5.23. The van der Waals surface area contributed by atoms with Gasteiger partial charge in [-0.25, -0.2) is 4.72 Å². The first kappa shape index (κ1) is 20.9. The molecule has 3 N–H and O–H groups in total. The lowest BCUT2D eigenvalue weighted by Gasteiger charge is -2.17. The topological polar surface area (TPSA) is 99.1 Å². The Balaban J connectivity index is 1.78. The zero-order valence-electron chi connectivity index (χ0n) is 16.2. The molecule has 0 saturated heterocycles. The lowest BCUT2D eigenvalue weighted by atomic mass is 9.92. The summed E-state index contributed by atoms with van der Waals surface area (Å²) < 4.78 is 26.6. The van der Waals surface area contributed by atoms with Gasteiger partial charge >= 0.3 is 0 Å². The number of carbonyl (C=O) groups is 1. The fourth-order valence-corrected chi connectivity index (χ4v) is 5.17. The van der Waals surface area contributed by atoms with Gasteiger partial charge in [0.05, 0.1) is 6.42 Å². The average Bonchev–Trinajstić information content (AvgIpc) is 3.27. The van der Waals surface area contributed by atoms with Crippen molar-refractivity contribution in [1.82, 2.24) is 10.0 Å². The van der Waals surface area contributed by atoms with E-state index in [2.05, 4.69) is 5.32 Å². The smallest absolute Gasteiger partial charge is 0.280 e. The highest BCUT2D eigenvalue weighted by Gasteiger charge is 2.29. The van der Waals surface area contributed by atoms with Gasteiger partial charge in [-0.1, -0.05) is 11.6 Å². The van der Waals surface area contributed by atoms with Crippen molar-refractivity contribution in [3.8, 4) is 0 Å². The summed E-state index contributed by atoms with van der Waals surface area (Å²) in [5.74, 6) is -0.611. The van der Waals surface area contributed by atoms with Crippen molar-refractivity contribution in [2.24, 2.45) is 0 Å². The second kappa shape index (κ2) is 8.25. The maximum absolute atomic E-state index is 12.5. The van der Waals surface area contributed by atoms with Crippen LogP contribution in [0.15, 0.2) is 12.3 Å². The van der Waals surface area contributed by atoms with Crippen LogP contribution < -0.4 is 10.0 Å². The molecule has 0 saturated carbocycles. The zero-order chi connectivity index (χ0) is 20.5. The molecule has 1 aromatic rings. The van der Waals surface area contributed by atoms with Gasteiger partial charge in [-0.15, -0.1) is 0 Å². The van der Waals surface area contributed by atoms with Gasteiger partial charge in [0, 0.05) is 11.1 Å². The highest BCUT2D eigenvalue weighted by molar-refractivity contribution is 8.05. The number of fused-ring (bicyclic) bond motifs is 2. The normalized spacial score (nSPS) is 15.7. The van der Waals surface area contributed by atoms with E-state index < -0.39 is 21.0 Å². The summed E-state index contributed by atoms with van der Waals surface area (Å²) in [6, 6.07) is 0.121. The predicted octanol–water partition coefficient (Wildman–Crippen LogP) is 2.79. The van der Waals surface area contributed by atoms with Gasteiger partial charge < -0.3 is 5.32 Å². The van der Waals surface area contributed by atoms with Crippen LogP contribution in [0.4, 0.5) is 0 Å². The third-order valence-corrected chi connectivity index (χ3v) is 6.90. The Morgan fingerprint density at radius 3 is 2.18 bits per heavy atom. The first-order valence-corrected chi connectivity index (χ1v) is 11.5. The number of hydrogen-bond donors (Lipinski definition) is 3. The van der Waals surface area contributed by atoms with Crippen molar-refractivity contribution in [3.05, 3.63) is 45.1 Å². The van der Waals surface area contributed by atoms with Gasteiger partial charge in [0.2, 0.25) is 5.91 Å². The molecule has 0 aliphatic heterocycles. The van der Waals surface area contributed by atoms with Crippen LogP contribution in [-0.4, -0.2) is 25.4 Å². The van der Waals surface area contributed by atoms with Crippen molar-refractivity contribution in [2.75, 3.05) is 0 Å². The van der Waals surface area contributed by atoms with Gasteiger partial charge in [0.15, 0.2) is 5.04 Å². The van der Waals surface area contributed by atoms with E-state index in [0.717, 1.165) is 77.4 Å². The second-order valence-electron chi connectivity index (χ2n) is 7.64. The number of nitrogens with one attached hydrogen (secondary N) is 3. The summed E-state index contributed by atoms with van der Waals surface area (Å²) in [5, 5.41) is 10.8. The fourth-order valence-electron chi connectivity index (χ4n) is 4.02. The van der Waals surface area contributed by atoms with Gasteiger partial charge in [-0.2, -0.15) is 8.42 Å². The SMILES string of the molecule is CC(C)N/C=C\C(=N)S(=O)(=O)NC(=O)Cc1c2c(c(Cl)c3c1CCC3)CCC2. The van der Waals surface area contributed by atoms with Crippen LogP contribution in [0.2, 0.25) is 5.02 Å². The van der Waals surface area contributed by atoms with E-state index in [1.54, 1.807) is 0 Å². The molecule has 0 heterocycles. The highest BCUT2D eigenvalue weighted by Crippen LogP contribution is 2.41. The summed E-state index contributed by atoms with van der Waals surface area (Å²) in [4.78, 5) is 12.5. The summed E-state index contributed by atoms with van der Waals surface area (Å²) in [6.07, 6.45) is 8.10. The third kappa shape index (κ3) is 4.25. The average molecular weight is 424 g/mol. The number of hydrogen-bond acceptors (Lipinski definition) is 5. The quantitative estimate of drug-likeness (QED) is 0.500. The summed E-state index contributed by atoms with van der Waals surface area (Å²) in [5.41, 5.74) is 5.44. The highest BCUT2D eigenvalue weighted by atomic mass is 35.5. The van der Waals surface area contributed by atoms with Crippen LogP contribution in [0.1, 0.15) is 54.5 Å². The molecule has 0 fully saturated rings. The molecule has 0 unspecified atom stereocenters. The van der Waals surface area contributed by atoms with E-state index in [4.69, 9.17) is 17.0 Å². The summed E-state index contributed by atoms with van der Waals surface area (Å²) in [7, 11) is -4.18. The largest absolute Gasteiger partial charge is 0.389 e. The minimum absolute atomic E-state index is 0.00229. The number of carbonyl (C=O) groups excluding carboxylic acids is 1. The standard InChI is InChI=1S/C20H26ClN3O3S/c1-12(2)23-10-9-18(22)28(26,27)24-19(25)11-17-13-5-3-7-15(13)20(21)16-8-4-6-14(16)17/h9-10,12,22-23H,3-8,11H2,1-2H3,(H,24,25)/b10-9-,22-18?. The molecule has 2 aliphatic carbocycles. The van der Waals surface area contributed by atoms with Crippen LogP contribution in [-0.2, 0) is 46.9 Å². The first-order chi connectivity index (χ1) is 13.2. The van der Waals surface area contributed by atoms with Crippen LogP contribution in [0, 0.1) is 5.41 Å². The molecule has 28 heavy (non-hydrogen) atoms. The Labute approximate surface area is 171 Å². The van der Waals surface area contributed by atoms with Crippen molar-refractivity contribution < 1.29 is 13.2 Å². The molecule has 6 nitrogen and oxygen atoms in total. The van der Waals surface area contributed by atoms with Crippen molar-refractivity contribution in [1.29, 1.82) is 5.41 Å². The molecule has 8 heteroatoms. The molecule has 0 bridgehead atoms. The van der Waals surface area contributed by atoms with Gasteiger partial charge in [-0.05, 0) is 92.5 Å². The molecule has 1 amide bonds. The molecule has 0 aromatic heterocycles. The van der Waals surface area contributed by atoms with Gasteiger partial charge in [0.25, 0.3) is 10.0 Å². The van der Waals surface area contributed by atoms with E-state index >= 15 is 0 Å². The summed E-state index contributed by atoms with van der Waals surface area (Å²) >= 11 is 6.59.